The number of aromatic nitrogens is 3. The van der Waals surface area contributed by atoms with Crippen LogP contribution in [0.2, 0.25) is 0 Å². The molecule has 472 valence electrons. The number of nitrogens with one attached hydrogen (secondary N) is 6. The third-order valence-electron chi connectivity index (χ3n) is 15.8. The number of nitrogens with zero attached hydrogens (tertiary/aromatic N) is 2. The van der Waals surface area contributed by atoms with Crippen molar-refractivity contribution >= 4 is 80.6 Å². The van der Waals surface area contributed by atoms with E-state index in [-0.39, 0.29) is 51.9 Å². The van der Waals surface area contributed by atoms with E-state index < -0.39 is 101 Å². The fraction of sp³-hybridized carbons (Fsp3) is 0.433. The van der Waals surface area contributed by atoms with Crippen molar-refractivity contribution in [1.82, 2.24) is 40.7 Å². The van der Waals surface area contributed by atoms with Crippen molar-refractivity contribution in [3.05, 3.63) is 144 Å². The standard InChI is InChI=1S/C67H80N8O14/c1-41(61(80)84-8)69-58(77)51(34-43-37-68-50-26-15-12-23-47(43)50)70-57(76)31-30-46-22-18-29-56(67(46)86-32-19-33-87-67)73-60(79)52(35-44-38-74(63(82)88-65(2,3)4)54-27-16-13-24-48(44)54)71-59(78)53(72-62(81)85-40-42-20-10-9-11-21-42)36-45-39-75(64(83)89-66(5,6)7)55-28-17-14-25-49(45)55/h9-17,20-21,23-28,37-39,41,46,51-53,56,68H,18-19,22,29-36,40H2,1-8H3,(H,69,77)(H,70,76)(H,71,78)(H,72,81)(H,73,79)/t41-,46+,51-,52-,53-,56+/m0/s1. The van der Waals surface area contributed by atoms with Crippen molar-refractivity contribution in [2.45, 2.75) is 160 Å². The number of hydrogen-bond donors (Lipinski definition) is 6. The molecule has 5 amide bonds. The van der Waals surface area contributed by atoms with Crippen molar-refractivity contribution in [3.63, 3.8) is 0 Å². The quantitative estimate of drug-likeness (QED) is 0.0307. The number of ether oxygens (including phenoxy) is 6. The summed E-state index contributed by atoms with van der Waals surface area (Å²) in [7, 11) is 1.22. The Hall–Kier alpha value is -9.02. The van der Waals surface area contributed by atoms with Gasteiger partial charge in [0.25, 0.3) is 0 Å². The molecule has 0 unspecified atom stereocenters. The lowest BCUT2D eigenvalue weighted by atomic mass is 9.76. The van der Waals surface area contributed by atoms with Crippen LogP contribution in [0.25, 0.3) is 32.7 Å². The van der Waals surface area contributed by atoms with Crippen LogP contribution in [0.1, 0.15) is 109 Å². The second-order valence-electron chi connectivity index (χ2n) is 24.7. The second-order valence-corrected chi connectivity index (χ2v) is 24.7. The molecule has 1 saturated carbocycles. The highest BCUT2D eigenvalue weighted by molar-refractivity contribution is 5.97. The van der Waals surface area contributed by atoms with E-state index in [4.69, 9.17) is 28.4 Å². The van der Waals surface area contributed by atoms with Crippen molar-refractivity contribution < 1.29 is 66.8 Å². The third-order valence-corrected chi connectivity index (χ3v) is 15.8. The van der Waals surface area contributed by atoms with E-state index in [1.807, 2.05) is 30.3 Å². The Morgan fingerprint density at radius 1 is 0.618 bits per heavy atom. The molecular formula is C67H80N8O14. The number of alkyl carbamates (subject to hydrolysis) is 1. The van der Waals surface area contributed by atoms with Gasteiger partial charge < -0.3 is 60.0 Å². The monoisotopic (exact) mass is 1220 g/mol. The highest BCUT2D eigenvalue weighted by Crippen LogP contribution is 2.43. The average Bonchev–Trinajstić information content (AvgIpc) is 1.42. The molecule has 9 rings (SSSR count). The van der Waals surface area contributed by atoms with Gasteiger partial charge in [-0.1, -0.05) is 91.3 Å². The second kappa shape index (κ2) is 28.0. The maximum Gasteiger partial charge on any atom is 0.419 e. The number of rotatable bonds is 20. The molecule has 1 aliphatic carbocycles. The molecule has 0 bridgehead atoms. The number of H-pyrrole nitrogens is 1. The van der Waals surface area contributed by atoms with E-state index >= 15 is 9.59 Å². The molecule has 2 aliphatic rings. The van der Waals surface area contributed by atoms with Crippen molar-refractivity contribution in [1.29, 1.82) is 0 Å². The van der Waals surface area contributed by atoms with E-state index in [1.165, 1.54) is 23.2 Å². The number of methoxy groups -OCH3 is 1. The number of hydrogen-bond acceptors (Lipinski definition) is 14. The van der Waals surface area contributed by atoms with Gasteiger partial charge in [0.2, 0.25) is 23.6 Å². The molecule has 22 heteroatoms. The van der Waals surface area contributed by atoms with Gasteiger partial charge in [-0.15, -0.1) is 0 Å². The molecule has 1 spiro atoms. The van der Waals surface area contributed by atoms with Crippen LogP contribution in [-0.4, -0.2) is 130 Å². The van der Waals surface area contributed by atoms with Gasteiger partial charge in [-0.2, -0.15) is 0 Å². The van der Waals surface area contributed by atoms with E-state index in [0.717, 1.165) is 16.5 Å². The summed E-state index contributed by atoms with van der Waals surface area (Å²) in [6.45, 7) is 12.4. The Labute approximate surface area is 516 Å². The summed E-state index contributed by atoms with van der Waals surface area (Å²) in [5.74, 6) is -4.98. The number of amides is 5. The van der Waals surface area contributed by atoms with Gasteiger partial charge in [-0.05, 0) is 115 Å². The number of carbonyl (C=O) groups is 8. The van der Waals surface area contributed by atoms with Crippen molar-refractivity contribution in [2.24, 2.45) is 5.92 Å². The molecule has 1 saturated heterocycles. The maximum absolute atomic E-state index is 15.5. The highest BCUT2D eigenvalue weighted by atomic mass is 16.7. The predicted molar refractivity (Wildman–Crippen MR) is 331 cm³/mol. The number of fused-ring (bicyclic) bond motifs is 3. The molecule has 4 heterocycles. The Morgan fingerprint density at radius 2 is 1.15 bits per heavy atom. The van der Waals surface area contributed by atoms with Crippen LogP contribution in [0.3, 0.4) is 0 Å². The maximum atomic E-state index is 15.5. The van der Waals surface area contributed by atoms with E-state index in [0.29, 0.717) is 64.2 Å². The minimum Gasteiger partial charge on any atom is -0.467 e. The fourth-order valence-electron chi connectivity index (χ4n) is 11.7. The normalized spacial score (nSPS) is 17.2. The molecule has 89 heavy (non-hydrogen) atoms. The van der Waals surface area contributed by atoms with Gasteiger partial charge in [0.05, 0.1) is 37.4 Å². The Balaban J connectivity index is 1.01. The molecule has 6 N–H and O–H groups in total. The molecule has 3 aromatic heterocycles. The number of carbonyl (C=O) groups excluding carboxylic acids is 8. The first kappa shape index (κ1) is 64.5. The first-order valence-corrected chi connectivity index (χ1v) is 30.2. The Kier molecular flexibility index (Phi) is 20.3. The van der Waals surface area contributed by atoms with Crippen LogP contribution in [0, 0.1) is 5.92 Å². The summed E-state index contributed by atoms with van der Waals surface area (Å²) in [4.78, 5) is 116. The van der Waals surface area contributed by atoms with Crippen LogP contribution < -0.4 is 26.6 Å². The molecule has 7 aromatic rings. The van der Waals surface area contributed by atoms with E-state index in [1.54, 1.807) is 133 Å². The van der Waals surface area contributed by atoms with Gasteiger partial charge >= 0.3 is 24.2 Å². The minimum absolute atomic E-state index is 0.0664. The summed E-state index contributed by atoms with van der Waals surface area (Å²) in [6.07, 6.45) is 4.67. The van der Waals surface area contributed by atoms with Crippen LogP contribution >= 0.6 is 0 Å². The predicted octanol–water partition coefficient (Wildman–Crippen LogP) is 8.81. The zero-order valence-corrected chi connectivity index (χ0v) is 51.6. The lowest BCUT2D eigenvalue weighted by molar-refractivity contribution is -0.317. The van der Waals surface area contributed by atoms with Crippen LogP contribution in [-0.2, 0) is 78.3 Å². The first-order valence-electron chi connectivity index (χ1n) is 30.2. The van der Waals surface area contributed by atoms with E-state index in [9.17, 15) is 28.8 Å². The lowest BCUT2D eigenvalue weighted by Crippen LogP contribution is -2.65. The van der Waals surface area contributed by atoms with Gasteiger partial charge in [0.15, 0.2) is 5.79 Å². The molecule has 0 radical (unpaired) electrons. The molecule has 1 aliphatic heterocycles. The smallest absolute Gasteiger partial charge is 0.419 e. The highest BCUT2D eigenvalue weighted by Gasteiger charge is 2.52. The summed E-state index contributed by atoms with van der Waals surface area (Å²) >= 11 is 0. The molecule has 6 atom stereocenters. The first-order chi connectivity index (χ1) is 42.5. The zero-order chi connectivity index (χ0) is 63.6. The van der Waals surface area contributed by atoms with Gasteiger partial charge in [0.1, 0.15) is 42.0 Å². The number of esters is 1. The molecule has 22 nitrogen and oxygen atoms in total. The summed E-state index contributed by atoms with van der Waals surface area (Å²) in [6, 6.07) is 25.1. The third kappa shape index (κ3) is 16.0. The average molecular weight is 1220 g/mol. The van der Waals surface area contributed by atoms with Crippen LogP contribution in [0.15, 0.2) is 122 Å². The molecular weight excluding hydrogens is 1140 g/mol. The summed E-state index contributed by atoms with van der Waals surface area (Å²) < 4.78 is 38.1. The number of benzene rings is 4. The SMILES string of the molecule is COC(=O)[C@H](C)NC(=O)[C@H](Cc1c[nH]c2ccccc12)NC(=O)CC[C@H]1CCC[C@@H](NC(=O)[C@H](Cc2cn(C(=O)OC(C)(C)C)c3ccccc23)NC(=O)[C@H](Cc2cn(C(=O)OC(C)(C)C)c3ccccc23)NC(=O)OCc2ccccc2)C12OCCCO2. The number of aromatic amines is 1. The van der Waals surface area contributed by atoms with Crippen LogP contribution in [0.5, 0.6) is 0 Å². The number of para-hydroxylation sites is 3. The van der Waals surface area contributed by atoms with Crippen molar-refractivity contribution in [2.75, 3.05) is 20.3 Å². The van der Waals surface area contributed by atoms with Crippen LogP contribution in [0.4, 0.5) is 14.4 Å². The fourth-order valence-corrected chi connectivity index (χ4v) is 11.7. The van der Waals surface area contributed by atoms with Crippen molar-refractivity contribution in [3.8, 4) is 0 Å². The van der Waals surface area contributed by atoms with Gasteiger partial charge in [0, 0.05) is 71.9 Å². The topological polar surface area (TPSA) is 278 Å². The largest absolute Gasteiger partial charge is 0.467 e. The Morgan fingerprint density at radius 3 is 1.74 bits per heavy atom. The minimum atomic E-state index is -1.43. The lowest BCUT2D eigenvalue weighted by Gasteiger charge is -2.50. The van der Waals surface area contributed by atoms with E-state index in [2.05, 4.69) is 31.6 Å². The van der Waals surface area contributed by atoms with Gasteiger partial charge in [-0.3, -0.25) is 28.3 Å². The molecule has 2 fully saturated rings. The summed E-state index contributed by atoms with van der Waals surface area (Å²) in [5.41, 5.74) is 2.61. The zero-order valence-electron chi connectivity index (χ0n) is 51.6. The van der Waals surface area contributed by atoms with Gasteiger partial charge in [-0.25, -0.2) is 19.2 Å². The molecule has 4 aromatic carbocycles. The summed E-state index contributed by atoms with van der Waals surface area (Å²) in [5, 5.41) is 16.6. The Bertz CT molecular complexity index is 3700.